The van der Waals surface area contributed by atoms with Crippen molar-refractivity contribution < 1.29 is 14.3 Å². The Kier molecular flexibility index (Phi) is 5.79. The van der Waals surface area contributed by atoms with Crippen molar-refractivity contribution in [2.45, 2.75) is 40.2 Å². The van der Waals surface area contributed by atoms with Gasteiger partial charge >= 0.3 is 0 Å². The predicted octanol–water partition coefficient (Wildman–Crippen LogP) is 2.78. The minimum atomic E-state index is -0.400. The first-order valence-corrected chi connectivity index (χ1v) is 10.0. The normalized spacial score (nSPS) is 19.1. The van der Waals surface area contributed by atoms with Crippen LogP contribution in [-0.4, -0.2) is 66.5 Å². The molecule has 0 atom stereocenters. The third-order valence-electron chi connectivity index (χ3n) is 5.52. The van der Waals surface area contributed by atoms with Crippen molar-refractivity contribution in [2.24, 2.45) is 0 Å². The third-order valence-corrected chi connectivity index (χ3v) is 5.52. The van der Waals surface area contributed by atoms with Crippen LogP contribution in [0.5, 0.6) is 5.75 Å². The SMILES string of the molecule is CCOc1ccc2c(c1)C(C)=CC(C)(C)N2C(=O)CN1CCN(C(C)=O)CC1. The lowest BCUT2D eigenvalue weighted by atomic mass is 9.88. The van der Waals surface area contributed by atoms with Gasteiger partial charge < -0.3 is 14.5 Å². The lowest BCUT2D eigenvalue weighted by molar-refractivity contribution is -0.130. The van der Waals surface area contributed by atoms with Gasteiger partial charge in [0.05, 0.1) is 24.4 Å². The van der Waals surface area contributed by atoms with Gasteiger partial charge in [0.2, 0.25) is 11.8 Å². The van der Waals surface area contributed by atoms with Crippen molar-refractivity contribution in [1.82, 2.24) is 9.80 Å². The van der Waals surface area contributed by atoms with Gasteiger partial charge in [-0.25, -0.2) is 0 Å². The smallest absolute Gasteiger partial charge is 0.241 e. The molecule has 0 aliphatic carbocycles. The molecule has 6 heteroatoms. The number of carbonyl (C=O) groups is 2. The molecule has 2 aliphatic heterocycles. The van der Waals surface area contributed by atoms with Gasteiger partial charge in [-0.15, -0.1) is 0 Å². The Morgan fingerprint density at radius 2 is 1.82 bits per heavy atom. The van der Waals surface area contributed by atoms with E-state index in [2.05, 4.69) is 31.7 Å². The molecule has 0 saturated carbocycles. The molecule has 0 radical (unpaired) electrons. The number of amides is 2. The van der Waals surface area contributed by atoms with Crippen molar-refractivity contribution in [2.75, 3.05) is 44.2 Å². The highest BCUT2D eigenvalue weighted by Gasteiger charge is 2.36. The molecule has 0 aromatic heterocycles. The summed E-state index contributed by atoms with van der Waals surface area (Å²) in [4.78, 5) is 30.7. The van der Waals surface area contributed by atoms with Crippen LogP contribution in [0, 0.1) is 0 Å². The number of carbonyl (C=O) groups excluding carboxylic acids is 2. The standard InChI is InChI=1S/C22H31N3O3/c1-6-28-18-7-8-20-19(13-18)16(2)14-22(4,5)25(20)21(27)15-23-9-11-24(12-10-23)17(3)26/h7-8,13-14H,6,9-12,15H2,1-5H3. The molecule has 1 saturated heterocycles. The molecule has 6 nitrogen and oxygen atoms in total. The summed E-state index contributed by atoms with van der Waals surface area (Å²) in [5, 5.41) is 0. The fourth-order valence-electron chi connectivity index (χ4n) is 4.20. The maximum Gasteiger partial charge on any atom is 0.241 e. The first-order valence-electron chi connectivity index (χ1n) is 10.0. The number of hydrogen-bond acceptors (Lipinski definition) is 4. The van der Waals surface area contributed by atoms with E-state index in [1.807, 2.05) is 34.9 Å². The van der Waals surface area contributed by atoms with Gasteiger partial charge in [-0.2, -0.15) is 0 Å². The van der Waals surface area contributed by atoms with E-state index in [-0.39, 0.29) is 11.8 Å². The maximum absolute atomic E-state index is 13.3. The highest BCUT2D eigenvalue weighted by molar-refractivity contribution is 6.01. The summed E-state index contributed by atoms with van der Waals surface area (Å²) < 4.78 is 5.65. The quantitative estimate of drug-likeness (QED) is 0.800. The van der Waals surface area contributed by atoms with Crippen LogP contribution in [0.25, 0.3) is 5.57 Å². The molecule has 2 aliphatic rings. The fraction of sp³-hybridized carbons (Fsp3) is 0.545. The van der Waals surface area contributed by atoms with Crippen molar-refractivity contribution in [3.8, 4) is 5.75 Å². The molecule has 1 aromatic carbocycles. The maximum atomic E-state index is 13.3. The van der Waals surface area contributed by atoms with E-state index in [1.165, 1.54) is 0 Å². The number of fused-ring (bicyclic) bond motifs is 1. The largest absolute Gasteiger partial charge is 0.494 e. The Labute approximate surface area is 167 Å². The first kappa shape index (κ1) is 20.4. The van der Waals surface area contributed by atoms with E-state index in [0.717, 1.165) is 35.7 Å². The average Bonchev–Trinajstić information content (AvgIpc) is 2.62. The van der Waals surface area contributed by atoms with Gasteiger partial charge in [0.15, 0.2) is 0 Å². The fourth-order valence-corrected chi connectivity index (χ4v) is 4.20. The molecular formula is C22H31N3O3. The Bertz CT molecular complexity index is 792. The zero-order valence-electron chi connectivity index (χ0n) is 17.6. The van der Waals surface area contributed by atoms with Gasteiger partial charge in [0, 0.05) is 38.7 Å². The van der Waals surface area contributed by atoms with Gasteiger partial charge in [0.1, 0.15) is 5.75 Å². The number of piperazine rings is 1. The van der Waals surface area contributed by atoms with Crippen molar-refractivity contribution >= 4 is 23.1 Å². The first-order chi connectivity index (χ1) is 13.2. The molecule has 0 unspecified atom stereocenters. The second-order valence-electron chi connectivity index (χ2n) is 8.10. The molecule has 0 bridgehead atoms. The zero-order valence-corrected chi connectivity index (χ0v) is 17.6. The van der Waals surface area contributed by atoms with Crippen LogP contribution in [0.15, 0.2) is 24.3 Å². The van der Waals surface area contributed by atoms with E-state index < -0.39 is 5.54 Å². The molecule has 2 heterocycles. The monoisotopic (exact) mass is 385 g/mol. The number of anilines is 1. The average molecular weight is 386 g/mol. The Hall–Kier alpha value is -2.34. The molecule has 3 rings (SSSR count). The Balaban J connectivity index is 1.81. The number of rotatable bonds is 4. The highest BCUT2D eigenvalue weighted by Crippen LogP contribution is 2.40. The third kappa shape index (κ3) is 4.07. The van der Waals surface area contributed by atoms with Gasteiger partial charge in [0.25, 0.3) is 0 Å². The molecule has 0 spiro atoms. The highest BCUT2D eigenvalue weighted by atomic mass is 16.5. The Morgan fingerprint density at radius 1 is 1.14 bits per heavy atom. The summed E-state index contributed by atoms with van der Waals surface area (Å²) in [6.07, 6.45) is 2.15. The summed E-state index contributed by atoms with van der Waals surface area (Å²) >= 11 is 0. The van der Waals surface area contributed by atoms with E-state index in [4.69, 9.17) is 4.74 Å². The van der Waals surface area contributed by atoms with E-state index in [0.29, 0.717) is 26.2 Å². The Morgan fingerprint density at radius 3 is 2.43 bits per heavy atom. The van der Waals surface area contributed by atoms with Crippen LogP contribution in [0.2, 0.25) is 0 Å². The zero-order chi connectivity index (χ0) is 20.5. The van der Waals surface area contributed by atoms with E-state index in [1.54, 1.807) is 6.92 Å². The van der Waals surface area contributed by atoms with Gasteiger partial charge in [-0.05, 0) is 51.5 Å². The van der Waals surface area contributed by atoms with Crippen molar-refractivity contribution in [3.63, 3.8) is 0 Å². The molecule has 28 heavy (non-hydrogen) atoms. The summed E-state index contributed by atoms with van der Waals surface area (Å²) in [7, 11) is 0. The van der Waals surface area contributed by atoms with Crippen LogP contribution < -0.4 is 9.64 Å². The van der Waals surface area contributed by atoms with Crippen LogP contribution in [0.4, 0.5) is 5.69 Å². The second-order valence-corrected chi connectivity index (χ2v) is 8.10. The molecule has 152 valence electrons. The van der Waals surface area contributed by atoms with Gasteiger partial charge in [-0.1, -0.05) is 6.08 Å². The van der Waals surface area contributed by atoms with Crippen molar-refractivity contribution in [3.05, 3.63) is 29.8 Å². The van der Waals surface area contributed by atoms with E-state index >= 15 is 0 Å². The lowest BCUT2D eigenvalue weighted by Crippen LogP contribution is -2.55. The summed E-state index contributed by atoms with van der Waals surface area (Å²) in [6, 6.07) is 5.94. The molecule has 1 fully saturated rings. The molecule has 0 N–H and O–H groups in total. The van der Waals surface area contributed by atoms with Crippen LogP contribution in [0.3, 0.4) is 0 Å². The number of ether oxygens (including phenoxy) is 1. The predicted molar refractivity (Wildman–Crippen MR) is 112 cm³/mol. The lowest BCUT2D eigenvalue weighted by Gasteiger charge is -2.43. The van der Waals surface area contributed by atoms with Crippen LogP contribution in [-0.2, 0) is 9.59 Å². The number of allylic oxidation sites excluding steroid dienone is 1. The minimum Gasteiger partial charge on any atom is -0.494 e. The van der Waals surface area contributed by atoms with Crippen molar-refractivity contribution in [1.29, 1.82) is 0 Å². The topological polar surface area (TPSA) is 53.1 Å². The van der Waals surface area contributed by atoms with Crippen LogP contribution in [0.1, 0.15) is 40.2 Å². The summed E-state index contributed by atoms with van der Waals surface area (Å²) in [6.45, 7) is 13.6. The van der Waals surface area contributed by atoms with Gasteiger partial charge in [-0.3, -0.25) is 14.5 Å². The number of hydrogen-bond donors (Lipinski definition) is 0. The number of benzene rings is 1. The summed E-state index contributed by atoms with van der Waals surface area (Å²) in [5.74, 6) is 1.000. The van der Waals surface area contributed by atoms with Crippen LogP contribution >= 0.6 is 0 Å². The second kappa shape index (κ2) is 7.95. The minimum absolute atomic E-state index is 0.0791. The molecule has 2 amide bonds. The summed E-state index contributed by atoms with van der Waals surface area (Å²) in [5.41, 5.74) is 2.73. The van der Waals surface area contributed by atoms with E-state index in [9.17, 15) is 9.59 Å². The number of nitrogens with zero attached hydrogens (tertiary/aromatic N) is 3. The molecule has 1 aromatic rings. The molecular weight excluding hydrogens is 354 g/mol.